The maximum atomic E-state index is 4.55. The molecule has 1 aliphatic heterocycles. The lowest BCUT2D eigenvalue weighted by Crippen LogP contribution is -2.31. The average molecular weight is 328 g/mol. The summed E-state index contributed by atoms with van der Waals surface area (Å²) in [7, 11) is 0. The Balaban J connectivity index is 1.51. The van der Waals surface area contributed by atoms with E-state index < -0.39 is 0 Å². The van der Waals surface area contributed by atoms with E-state index in [0.717, 1.165) is 29.9 Å². The molecule has 0 radical (unpaired) electrons. The first kappa shape index (κ1) is 15.1. The molecular weight excluding hydrogens is 304 g/mol. The summed E-state index contributed by atoms with van der Waals surface area (Å²) in [4.78, 5) is 2.44. The summed E-state index contributed by atoms with van der Waals surface area (Å²) >= 11 is 1.82. The molecule has 2 aromatic rings. The predicted octanol–water partition coefficient (Wildman–Crippen LogP) is 4.20. The Bertz CT molecular complexity index is 654. The van der Waals surface area contributed by atoms with Crippen molar-refractivity contribution in [1.82, 2.24) is 14.8 Å². The second-order valence-electron chi connectivity index (χ2n) is 6.71. The van der Waals surface area contributed by atoms with Crippen LogP contribution in [0.3, 0.4) is 0 Å². The van der Waals surface area contributed by atoms with Crippen LogP contribution in [0.4, 0.5) is 5.95 Å². The molecule has 0 bridgehead atoms. The third-order valence-corrected chi connectivity index (χ3v) is 5.70. The van der Waals surface area contributed by atoms with E-state index in [2.05, 4.69) is 50.9 Å². The number of thioether (sulfide) groups is 1. The second-order valence-corrected chi connectivity index (χ2v) is 7.65. The Morgan fingerprint density at radius 3 is 2.48 bits per heavy atom. The molecule has 0 atom stereocenters. The molecule has 4 nitrogen and oxygen atoms in total. The van der Waals surface area contributed by atoms with Crippen molar-refractivity contribution in [3.8, 4) is 0 Å². The topological polar surface area (TPSA) is 34.0 Å². The van der Waals surface area contributed by atoms with Gasteiger partial charge in [-0.2, -0.15) is 0 Å². The molecule has 122 valence electrons. The minimum atomic E-state index is 0.627. The molecule has 5 heteroatoms. The highest BCUT2D eigenvalue weighted by Crippen LogP contribution is 2.41. The number of nitrogens with zero attached hydrogens (tertiary/aromatic N) is 4. The van der Waals surface area contributed by atoms with Crippen LogP contribution in [-0.2, 0) is 5.75 Å². The monoisotopic (exact) mass is 328 g/mol. The van der Waals surface area contributed by atoms with Gasteiger partial charge in [0.15, 0.2) is 5.16 Å². The van der Waals surface area contributed by atoms with Gasteiger partial charge in [0.05, 0.1) is 0 Å². The Labute approximate surface area is 142 Å². The summed E-state index contributed by atoms with van der Waals surface area (Å²) in [5, 5.41) is 10.2. The van der Waals surface area contributed by atoms with Crippen molar-refractivity contribution in [3.05, 3.63) is 35.4 Å². The molecule has 0 amide bonds. The van der Waals surface area contributed by atoms with Gasteiger partial charge < -0.3 is 4.90 Å². The van der Waals surface area contributed by atoms with Gasteiger partial charge in [-0.25, -0.2) is 0 Å². The Hall–Kier alpha value is -1.49. The molecule has 0 spiro atoms. The number of anilines is 1. The molecule has 2 fully saturated rings. The third-order valence-electron chi connectivity index (χ3n) is 4.69. The van der Waals surface area contributed by atoms with Crippen LogP contribution in [0, 0.1) is 6.92 Å². The molecule has 1 aliphatic carbocycles. The van der Waals surface area contributed by atoms with E-state index in [0.29, 0.717) is 6.04 Å². The number of rotatable bonds is 5. The highest BCUT2D eigenvalue weighted by atomic mass is 32.2. The maximum Gasteiger partial charge on any atom is 0.228 e. The molecule has 2 heterocycles. The normalized spacial score (nSPS) is 18.4. The SMILES string of the molecule is Cc1ccc(CSc2nnc(N3CCCCC3)n2C2CC2)cc1. The summed E-state index contributed by atoms with van der Waals surface area (Å²) in [6, 6.07) is 9.42. The molecule has 2 aliphatic rings. The van der Waals surface area contributed by atoms with Gasteiger partial charge >= 0.3 is 0 Å². The standard InChI is InChI=1S/C18H24N4S/c1-14-5-7-15(8-6-14)13-23-18-20-19-17(22(18)16-9-10-16)21-11-3-2-4-12-21/h5-8,16H,2-4,9-13H2,1H3. The van der Waals surface area contributed by atoms with E-state index in [1.54, 1.807) is 0 Å². The molecule has 1 aromatic heterocycles. The minimum Gasteiger partial charge on any atom is -0.341 e. The molecule has 1 saturated carbocycles. The van der Waals surface area contributed by atoms with Gasteiger partial charge in [0.25, 0.3) is 0 Å². The lowest BCUT2D eigenvalue weighted by atomic mass is 10.1. The first-order chi connectivity index (χ1) is 11.3. The van der Waals surface area contributed by atoms with E-state index >= 15 is 0 Å². The van der Waals surface area contributed by atoms with Gasteiger partial charge in [0.2, 0.25) is 5.95 Å². The highest BCUT2D eigenvalue weighted by Gasteiger charge is 2.31. The summed E-state index contributed by atoms with van der Waals surface area (Å²) in [6.45, 7) is 4.40. The third kappa shape index (κ3) is 3.39. The zero-order valence-electron chi connectivity index (χ0n) is 13.7. The Morgan fingerprint density at radius 1 is 1.04 bits per heavy atom. The van der Waals surface area contributed by atoms with Crippen molar-refractivity contribution >= 4 is 17.7 Å². The number of aromatic nitrogens is 3. The van der Waals surface area contributed by atoms with Gasteiger partial charge in [-0.15, -0.1) is 10.2 Å². The lowest BCUT2D eigenvalue weighted by Gasteiger charge is -2.27. The van der Waals surface area contributed by atoms with Crippen LogP contribution in [0.15, 0.2) is 29.4 Å². The van der Waals surface area contributed by atoms with Crippen molar-refractivity contribution in [2.45, 2.75) is 56.0 Å². The van der Waals surface area contributed by atoms with Gasteiger partial charge in [0, 0.05) is 24.9 Å². The summed E-state index contributed by atoms with van der Waals surface area (Å²) in [5.41, 5.74) is 2.66. The van der Waals surface area contributed by atoms with Gasteiger partial charge in [-0.3, -0.25) is 4.57 Å². The summed E-state index contributed by atoms with van der Waals surface area (Å²) < 4.78 is 2.41. The van der Waals surface area contributed by atoms with Crippen molar-refractivity contribution in [1.29, 1.82) is 0 Å². The fourth-order valence-electron chi connectivity index (χ4n) is 3.16. The van der Waals surface area contributed by atoms with Crippen LogP contribution in [0.25, 0.3) is 0 Å². The molecule has 0 unspecified atom stereocenters. The summed E-state index contributed by atoms with van der Waals surface area (Å²) in [5.74, 6) is 2.07. The van der Waals surface area contributed by atoms with Crippen molar-refractivity contribution < 1.29 is 0 Å². The van der Waals surface area contributed by atoms with Crippen LogP contribution >= 0.6 is 11.8 Å². The average Bonchev–Trinajstić information content (AvgIpc) is 3.34. The molecular formula is C18H24N4S. The van der Waals surface area contributed by atoms with Crippen molar-refractivity contribution in [3.63, 3.8) is 0 Å². The molecule has 23 heavy (non-hydrogen) atoms. The predicted molar refractivity (Wildman–Crippen MR) is 95.1 cm³/mol. The number of hydrogen-bond acceptors (Lipinski definition) is 4. The van der Waals surface area contributed by atoms with E-state index in [1.807, 2.05) is 11.8 Å². The zero-order chi connectivity index (χ0) is 15.6. The Morgan fingerprint density at radius 2 is 1.78 bits per heavy atom. The van der Waals surface area contributed by atoms with Gasteiger partial charge in [0.1, 0.15) is 0 Å². The van der Waals surface area contributed by atoms with E-state index in [1.165, 1.54) is 43.2 Å². The number of piperidine rings is 1. The maximum absolute atomic E-state index is 4.55. The van der Waals surface area contributed by atoms with Crippen LogP contribution < -0.4 is 4.90 Å². The highest BCUT2D eigenvalue weighted by molar-refractivity contribution is 7.98. The second kappa shape index (κ2) is 6.56. The number of benzene rings is 1. The van der Waals surface area contributed by atoms with Gasteiger partial charge in [-0.05, 0) is 44.6 Å². The minimum absolute atomic E-state index is 0.627. The Kier molecular flexibility index (Phi) is 4.29. The largest absolute Gasteiger partial charge is 0.341 e. The molecule has 4 rings (SSSR count). The smallest absolute Gasteiger partial charge is 0.228 e. The summed E-state index contributed by atoms with van der Waals surface area (Å²) in [6.07, 6.45) is 6.46. The zero-order valence-corrected chi connectivity index (χ0v) is 14.6. The fraction of sp³-hybridized carbons (Fsp3) is 0.556. The van der Waals surface area contributed by atoms with E-state index in [-0.39, 0.29) is 0 Å². The fourth-order valence-corrected chi connectivity index (χ4v) is 4.12. The van der Waals surface area contributed by atoms with E-state index in [9.17, 15) is 0 Å². The quantitative estimate of drug-likeness (QED) is 0.770. The molecule has 1 aromatic carbocycles. The first-order valence-corrected chi connectivity index (χ1v) is 9.68. The van der Waals surface area contributed by atoms with Crippen LogP contribution in [0.2, 0.25) is 0 Å². The molecule has 1 saturated heterocycles. The van der Waals surface area contributed by atoms with Crippen LogP contribution in [0.1, 0.15) is 49.3 Å². The van der Waals surface area contributed by atoms with Crippen LogP contribution in [0.5, 0.6) is 0 Å². The van der Waals surface area contributed by atoms with Crippen LogP contribution in [-0.4, -0.2) is 27.9 Å². The van der Waals surface area contributed by atoms with Crippen molar-refractivity contribution in [2.75, 3.05) is 18.0 Å². The van der Waals surface area contributed by atoms with Crippen molar-refractivity contribution in [2.24, 2.45) is 0 Å². The van der Waals surface area contributed by atoms with E-state index in [4.69, 9.17) is 0 Å². The number of aryl methyl sites for hydroxylation is 1. The lowest BCUT2D eigenvalue weighted by molar-refractivity contribution is 0.548. The number of hydrogen-bond donors (Lipinski definition) is 0. The molecule has 0 N–H and O–H groups in total. The van der Waals surface area contributed by atoms with Gasteiger partial charge in [-0.1, -0.05) is 41.6 Å². The first-order valence-electron chi connectivity index (χ1n) is 8.69.